The third-order valence-electron chi connectivity index (χ3n) is 2.68. The largest absolute Gasteiger partial charge is 0.463 e. The van der Waals surface area contributed by atoms with Gasteiger partial charge in [0, 0.05) is 5.92 Å². The van der Waals surface area contributed by atoms with Gasteiger partial charge in [0.15, 0.2) is 0 Å². The SMILES string of the molecule is CC[C@H]1[C@@H](O)[C@H](C)C(=O)OC[C@@H]1O. The van der Waals surface area contributed by atoms with E-state index in [1.807, 2.05) is 6.92 Å². The van der Waals surface area contributed by atoms with Gasteiger partial charge in [-0.15, -0.1) is 0 Å². The van der Waals surface area contributed by atoms with E-state index in [-0.39, 0.29) is 12.5 Å². The number of esters is 1. The smallest absolute Gasteiger partial charge is 0.311 e. The molecule has 4 heteroatoms. The number of rotatable bonds is 1. The third kappa shape index (κ3) is 2.00. The molecule has 13 heavy (non-hydrogen) atoms. The predicted octanol–water partition coefficient (Wildman–Crippen LogP) is -0.0727. The molecule has 1 aliphatic rings. The van der Waals surface area contributed by atoms with Gasteiger partial charge in [-0.05, 0) is 13.3 Å². The summed E-state index contributed by atoms with van der Waals surface area (Å²) in [7, 11) is 0. The van der Waals surface area contributed by atoms with Gasteiger partial charge in [-0.1, -0.05) is 6.92 Å². The van der Waals surface area contributed by atoms with Crippen molar-refractivity contribution >= 4 is 5.97 Å². The van der Waals surface area contributed by atoms with Crippen molar-refractivity contribution in [2.75, 3.05) is 6.61 Å². The van der Waals surface area contributed by atoms with E-state index in [9.17, 15) is 15.0 Å². The van der Waals surface area contributed by atoms with Crippen LogP contribution in [0.25, 0.3) is 0 Å². The zero-order chi connectivity index (χ0) is 10.0. The Morgan fingerprint density at radius 3 is 2.69 bits per heavy atom. The van der Waals surface area contributed by atoms with Gasteiger partial charge >= 0.3 is 5.97 Å². The van der Waals surface area contributed by atoms with Crippen molar-refractivity contribution in [3.63, 3.8) is 0 Å². The van der Waals surface area contributed by atoms with E-state index in [0.29, 0.717) is 6.42 Å². The van der Waals surface area contributed by atoms with Crippen LogP contribution in [0.3, 0.4) is 0 Å². The average molecular weight is 188 g/mol. The second kappa shape index (κ2) is 4.07. The predicted molar refractivity (Wildman–Crippen MR) is 45.9 cm³/mol. The lowest BCUT2D eigenvalue weighted by Gasteiger charge is -2.24. The van der Waals surface area contributed by atoms with E-state index in [0.717, 1.165) is 0 Å². The zero-order valence-electron chi connectivity index (χ0n) is 7.93. The van der Waals surface area contributed by atoms with E-state index in [4.69, 9.17) is 4.74 Å². The van der Waals surface area contributed by atoms with Gasteiger partial charge in [0.1, 0.15) is 6.61 Å². The van der Waals surface area contributed by atoms with Gasteiger partial charge in [-0.3, -0.25) is 4.79 Å². The summed E-state index contributed by atoms with van der Waals surface area (Å²) in [5, 5.41) is 19.2. The molecule has 1 rings (SSSR count). The lowest BCUT2D eigenvalue weighted by Crippen LogP contribution is -2.35. The molecule has 0 radical (unpaired) electrons. The van der Waals surface area contributed by atoms with Crippen LogP contribution in [0.1, 0.15) is 20.3 Å². The highest BCUT2D eigenvalue weighted by Crippen LogP contribution is 2.24. The van der Waals surface area contributed by atoms with Crippen LogP contribution in [-0.4, -0.2) is 35.0 Å². The van der Waals surface area contributed by atoms with Crippen LogP contribution in [0, 0.1) is 11.8 Å². The van der Waals surface area contributed by atoms with E-state index in [2.05, 4.69) is 0 Å². The first-order valence-electron chi connectivity index (χ1n) is 4.60. The summed E-state index contributed by atoms with van der Waals surface area (Å²) < 4.78 is 4.78. The number of cyclic esters (lactones) is 1. The second-order valence-electron chi connectivity index (χ2n) is 3.55. The van der Waals surface area contributed by atoms with Crippen molar-refractivity contribution in [1.29, 1.82) is 0 Å². The number of aliphatic hydroxyl groups excluding tert-OH is 2. The highest BCUT2D eigenvalue weighted by molar-refractivity contribution is 5.73. The Morgan fingerprint density at radius 2 is 2.15 bits per heavy atom. The van der Waals surface area contributed by atoms with Crippen LogP contribution in [-0.2, 0) is 9.53 Å². The Morgan fingerprint density at radius 1 is 1.54 bits per heavy atom. The summed E-state index contributed by atoms with van der Waals surface area (Å²) in [5.74, 6) is -1.23. The van der Waals surface area contributed by atoms with Crippen LogP contribution >= 0.6 is 0 Å². The Kier molecular flexibility index (Phi) is 3.27. The van der Waals surface area contributed by atoms with E-state index < -0.39 is 24.1 Å². The lowest BCUT2D eigenvalue weighted by atomic mass is 9.87. The molecule has 0 amide bonds. The molecule has 2 N–H and O–H groups in total. The van der Waals surface area contributed by atoms with Crippen molar-refractivity contribution in [2.45, 2.75) is 32.5 Å². The Labute approximate surface area is 77.5 Å². The van der Waals surface area contributed by atoms with Crippen molar-refractivity contribution < 1.29 is 19.7 Å². The number of hydrogen-bond donors (Lipinski definition) is 2. The van der Waals surface area contributed by atoms with Gasteiger partial charge in [-0.2, -0.15) is 0 Å². The van der Waals surface area contributed by atoms with E-state index >= 15 is 0 Å². The number of aliphatic hydroxyl groups is 2. The fourth-order valence-corrected chi connectivity index (χ4v) is 1.67. The number of ether oxygens (including phenoxy) is 1. The molecule has 0 spiro atoms. The first kappa shape index (κ1) is 10.5. The molecule has 0 saturated carbocycles. The fraction of sp³-hybridized carbons (Fsp3) is 0.889. The minimum Gasteiger partial charge on any atom is -0.463 e. The van der Waals surface area contributed by atoms with Gasteiger partial charge in [0.2, 0.25) is 0 Å². The molecule has 0 aliphatic carbocycles. The Bertz CT molecular complexity index is 192. The summed E-state index contributed by atoms with van der Waals surface area (Å²) >= 11 is 0. The number of carbonyl (C=O) groups is 1. The molecule has 76 valence electrons. The maximum Gasteiger partial charge on any atom is 0.311 e. The molecule has 1 saturated heterocycles. The molecule has 1 aliphatic heterocycles. The fourth-order valence-electron chi connectivity index (χ4n) is 1.67. The summed E-state index contributed by atoms with van der Waals surface area (Å²) in [6, 6.07) is 0. The van der Waals surface area contributed by atoms with Crippen molar-refractivity contribution in [3.8, 4) is 0 Å². The quantitative estimate of drug-likeness (QED) is 0.565. The summed E-state index contributed by atoms with van der Waals surface area (Å²) in [6.45, 7) is 3.49. The molecular weight excluding hydrogens is 172 g/mol. The third-order valence-corrected chi connectivity index (χ3v) is 2.68. The van der Waals surface area contributed by atoms with Crippen molar-refractivity contribution in [3.05, 3.63) is 0 Å². The van der Waals surface area contributed by atoms with Crippen LogP contribution in [0.5, 0.6) is 0 Å². The van der Waals surface area contributed by atoms with Gasteiger partial charge in [-0.25, -0.2) is 0 Å². The molecule has 0 bridgehead atoms. The lowest BCUT2D eigenvalue weighted by molar-refractivity contribution is -0.150. The van der Waals surface area contributed by atoms with Gasteiger partial charge in [0.25, 0.3) is 0 Å². The molecule has 0 aromatic carbocycles. The van der Waals surface area contributed by atoms with Gasteiger partial charge in [0.05, 0.1) is 18.1 Å². The Hall–Kier alpha value is -0.610. The van der Waals surface area contributed by atoms with Crippen molar-refractivity contribution in [2.24, 2.45) is 11.8 Å². The standard InChI is InChI=1S/C9H16O4/c1-3-6-7(10)4-13-9(12)5(2)8(6)11/h5-8,10-11H,3-4H2,1-2H3/t5-,6+,7-,8-/m0/s1. The molecule has 0 aromatic rings. The highest BCUT2D eigenvalue weighted by atomic mass is 16.5. The van der Waals surface area contributed by atoms with Crippen LogP contribution in [0.2, 0.25) is 0 Å². The maximum absolute atomic E-state index is 11.1. The molecule has 1 fully saturated rings. The average Bonchev–Trinajstić information content (AvgIpc) is 2.20. The number of carbonyl (C=O) groups excluding carboxylic acids is 1. The minimum atomic E-state index is -0.796. The molecule has 0 aromatic heterocycles. The topological polar surface area (TPSA) is 66.8 Å². The van der Waals surface area contributed by atoms with E-state index in [1.165, 1.54) is 0 Å². The monoisotopic (exact) mass is 188 g/mol. The maximum atomic E-state index is 11.1. The molecule has 4 nitrogen and oxygen atoms in total. The van der Waals surface area contributed by atoms with Crippen LogP contribution < -0.4 is 0 Å². The van der Waals surface area contributed by atoms with Crippen LogP contribution in [0.4, 0.5) is 0 Å². The van der Waals surface area contributed by atoms with Crippen LogP contribution in [0.15, 0.2) is 0 Å². The zero-order valence-corrected chi connectivity index (χ0v) is 7.93. The first-order chi connectivity index (χ1) is 6.07. The first-order valence-corrected chi connectivity index (χ1v) is 4.60. The van der Waals surface area contributed by atoms with Gasteiger partial charge < -0.3 is 14.9 Å². The molecule has 1 heterocycles. The molecular formula is C9H16O4. The normalized spacial score (nSPS) is 41.1. The summed E-state index contributed by atoms with van der Waals surface area (Å²) in [5.41, 5.74) is 0. The van der Waals surface area contributed by atoms with Crippen molar-refractivity contribution in [1.82, 2.24) is 0 Å². The highest BCUT2D eigenvalue weighted by Gasteiger charge is 2.37. The molecule has 4 atom stereocenters. The Balaban J connectivity index is 2.78. The second-order valence-corrected chi connectivity index (χ2v) is 3.55. The van der Waals surface area contributed by atoms with E-state index in [1.54, 1.807) is 6.92 Å². The minimum absolute atomic E-state index is 0.00125. The summed E-state index contributed by atoms with van der Waals surface area (Å²) in [6.07, 6.45) is -0.896. The molecule has 0 unspecified atom stereocenters. The number of hydrogen-bond acceptors (Lipinski definition) is 4. The summed E-state index contributed by atoms with van der Waals surface area (Å²) in [4.78, 5) is 11.1.